The molecule has 0 aliphatic rings. The van der Waals surface area contributed by atoms with Gasteiger partial charge in [0, 0.05) is 0 Å². The summed E-state index contributed by atoms with van der Waals surface area (Å²) in [4.78, 5) is 0. The van der Waals surface area contributed by atoms with Crippen LogP contribution in [0, 0.1) is 0 Å². The molecule has 150 valence electrons. The summed E-state index contributed by atoms with van der Waals surface area (Å²) in [5.74, 6) is 0. The summed E-state index contributed by atoms with van der Waals surface area (Å²) in [7, 11) is 0. The lowest BCUT2D eigenvalue weighted by molar-refractivity contribution is 0.163. The second kappa shape index (κ2) is 17.6. The van der Waals surface area contributed by atoms with Gasteiger partial charge in [0.15, 0.2) is 0 Å². The second-order valence-corrected chi connectivity index (χ2v) is 8.02. The number of aliphatic hydroxyl groups excluding tert-OH is 1. The first-order chi connectivity index (χ1) is 12.8. The van der Waals surface area contributed by atoms with Gasteiger partial charge in [-0.05, 0) is 12.0 Å². The van der Waals surface area contributed by atoms with Gasteiger partial charge >= 0.3 is 0 Å². The van der Waals surface area contributed by atoms with E-state index in [1.807, 2.05) is 30.3 Å². The molecule has 0 saturated heterocycles. The van der Waals surface area contributed by atoms with E-state index in [9.17, 15) is 5.11 Å². The van der Waals surface area contributed by atoms with Gasteiger partial charge in [0.1, 0.15) is 0 Å². The standard InChI is InChI=1S/C25H44O/c1-2-3-4-5-6-7-8-9-10-11-12-13-14-15-16-20-23-25(26)24-21-18-17-19-22-24/h17-19,21-22,25-26H,2-16,20,23H2,1H3/t25-/m1/s1. The molecule has 0 saturated carbocycles. The van der Waals surface area contributed by atoms with Crippen molar-refractivity contribution in [2.24, 2.45) is 0 Å². The summed E-state index contributed by atoms with van der Waals surface area (Å²) >= 11 is 0. The summed E-state index contributed by atoms with van der Waals surface area (Å²) in [6.45, 7) is 2.29. The third kappa shape index (κ3) is 13.4. The van der Waals surface area contributed by atoms with Crippen LogP contribution < -0.4 is 0 Å². The van der Waals surface area contributed by atoms with Crippen molar-refractivity contribution in [3.63, 3.8) is 0 Å². The minimum absolute atomic E-state index is 0.275. The lowest BCUT2D eigenvalue weighted by Gasteiger charge is -2.10. The predicted molar refractivity (Wildman–Crippen MR) is 116 cm³/mol. The monoisotopic (exact) mass is 360 g/mol. The molecule has 0 bridgehead atoms. The normalized spacial score (nSPS) is 12.4. The highest BCUT2D eigenvalue weighted by atomic mass is 16.3. The summed E-state index contributed by atoms with van der Waals surface area (Å²) in [6.07, 6.45) is 22.9. The van der Waals surface area contributed by atoms with E-state index >= 15 is 0 Å². The Hall–Kier alpha value is -0.820. The lowest BCUT2D eigenvalue weighted by Crippen LogP contribution is -1.96. The van der Waals surface area contributed by atoms with Gasteiger partial charge in [-0.2, -0.15) is 0 Å². The van der Waals surface area contributed by atoms with E-state index in [4.69, 9.17) is 0 Å². The van der Waals surface area contributed by atoms with Crippen LogP contribution in [0.3, 0.4) is 0 Å². The molecule has 1 atom stereocenters. The van der Waals surface area contributed by atoms with Crippen molar-refractivity contribution in [2.45, 2.75) is 122 Å². The van der Waals surface area contributed by atoms with Crippen LogP contribution in [0.4, 0.5) is 0 Å². The van der Waals surface area contributed by atoms with Crippen LogP contribution in [-0.2, 0) is 0 Å². The molecule has 1 rings (SSSR count). The first-order valence-electron chi connectivity index (χ1n) is 11.6. The van der Waals surface area contributed by atoms with Gasteiger partial charge in [-0.25, -0.2) is 0 Å². The summed E-state index contributed by atoms with van der Waals surface area (Å²) in [6, 6.07) is 10.1. The molecule has 0 aliphatic carbocycles. The Bertz CT molecular complexity index is 386. The number of benzene rings is 1. The van der Waals surface area contributed by atoms with E-state index in [1.54, 1.807) is 0 Å². The summed E-state index contributed by atoms with van der Waals surface area (Å²) in [5.41, 5.74) is 1.06. The zero-order chi connectivity index (χ0) is 18.7. The Morgan fingerprint density at radius 1 is 0.577 bits per heavy atom. The SMILES string of the molecule is CCCCCCCCCCCCCCCCCC[C@@H](O)c1ccccc1. The van der Waals surface area contributed by atoms with E-state index in [1.165, 1.54) is 96.3 Å². The maximum Gasteiger partial charge on any atom is 0.0790 e. The number of rotatable bonds is 18. The first-order valence-corrected chi connectivity index (χ1v) is 11.6. The molecular formula is C25H44O. The van der Waals surface area contributed by atoms with Gasteiger partial charge in [-0.3, -0.25) is 0 Å². The first kappa shape index (κ1) is 23.2. The van der Waals surface area contributed by atoms with Crippen LogP contribution in [0.15, 0.2) is 30.3 Å². The second-order valence-electron chi connectivity index (χ2n) is 8.02. The van der Waals surface area contributed by atoms with Gasteiger partial charge in [0.05, 0.1) is 6.10 Å². The van der Waals surface area contributed by atoms with E-state index in [-0.39, 0.29) is 6.10 Å². The Morgan fingerprint density at radius 3 is 1.38 bits per heavy atom. The Labute approximate surface area is 163 Å². The van der Waals surface area contributed by atoms with Crippen molar-refractivity contribution in [1.82, 2.24) is 0 Å². The molecule has 1 heteroatoms. The third-order valence-corrected chi connectivity index (χ3v) is 5.52. The predicted octanol–water partition coefficient (Wildman–Crippen LogP) is 8.37. The van der Waals surface area contributed by atoms with E-state index in [0.717, 1.165) is 18.4 Å². The van der Waals surface area contributed by atoms with Crippen molar-refractivity contribution < 1.29 is 5.11 Å². The van der Waals surface area contributed by atoms with Gasteiger partial charge in [-0.15, -0.1) is 0 Å². The zero-order valence-electron chi connectivity index (χ0n) is 17.4. The van der Waals surface area contributed by atoms with E-state index in [0.29, 0.717) is 0 Å². The Balaban J connectivity index is 1.76. The Morgan fingerprint density at radius 2 is 0.962 bits per heavy atom. The van der Waals surface area contributed by atoms with Crippen molar-refractivity contribution in [3.8, 4) is 0 Å². The fraction of sp³-hybridized carbons (Fsp3) is 0.760. The molecule has 0 spiro atoms. The molecular weight excluding hydrogens is 316 g/mol. The highest BCUT2D eigenvalue weighted by Gasteiger charge is 2.05. The highest BCUT2D eigenvalue weighted by molar-refractivity contribution is 5.16. The molecule has 1 aromatic carbocycles. The smallest absolute Gasteiger partial charge is 0.0790 e. The van der Waals surface area contributed by atoms with Gasteiger partial charge in [0.25, 0.3) is 0 Å². The van der Waals surface area contributed by atoms with Crippen LogP contribution in [0.1, 0.15) is 128 Å². The zero-order valence-corrected chi connectivity index (χ0v) is 17.4. The quantitative estimate of drug-likeness (QED) is 0.261. The van der Waals surface area contributed by atoms with E-state index < -0.39 is 0 Å². The Kier molecular flexibility index (Phi) is 15.7. The molecule has 1 aromatic rings. The fourth-order valence-corrected chi connectivity index (χ4v) is 3.73. The molecule has 0 amide bonds. The maximum absolute atomic E-state index is 10.1. The van der Waals surface area contributed by atoms with Crippen molar-refractivity contribution in [2.75, 3.05) is 0 Å². The fourth-order valence-electron chi connectivity index (χ4n) is 3.73. The number of hydrogen-bond acceptors (Lipinski definition) is 1. The topological polar surface area (TPSA) is 20.2 Å². The molecule has 0 unspecified atom stereocenters. The minimum atomic E-state index is -0.275. The van der Waals surface area contributed by atoms with Crippen molar-refractivity contribution >= 4 is 0 Å². The van der Waals surface area contributed by atoms with Crippen molar-refractivity contribution in [3.05, 3.63) is 35.9 Å². The van der Waals surface area contributed by atoms with Crippen LogP contribution >= 0.6 is 0 Å². The molecule has 26 heavy (non-hydrogen) atoms. The van der Waals surface area contributed by atoms with E-state index in [2.05, 4.69) is 6.92 Å². The van der Waals surface area contributed by atoms with Crippen LogP contribution in [0.25, 0.3) is 0 Å². The molecule has 0 fully saturated rings. The van der Waals surface area contributed by atoms with Gasteiger partial charge in [0.2, 0.25) is 0 Å². The lowest BCUT2D eigenvalue weighted by atomic mass is 10.0. The van der Waals surface area contributed by atoms with Gasteiger partial charge < -0.3 is 5.11 Å². The van der Waals surface area contributed by atoms with Gasteiger partial charge in [-0.1, -0.05) is 140 Å². The number of aliphatic hydroxyl groups is 1. The molecule has 1 nitrogen and oxygen atoms in total. The summed E-state index contributed by atoms with van der Waals surface area (Å²) in [5, 5.41) is 10.1. The molecule has 0 aromatic heterocycles. The average molecular weight is 361 g/mol. The van der Waals surface area contributed by atoms with Crippen molar-refractivity contribution in [1.29, 1.82) is 0 Å². The minimum Gasteiger partial charge on any atom is -0.388 e. The van der Waals surface area contributed by atoms with Crippen LogP contribution in [0.2, 0.25) is 0 Å². The van der Waals surface area contributed by atoms with Crippen LogP contribution in [0.5, 0.6) is 0 Å². The molecule has 0 aliphatic heterocycles. The maximum atomic E-state index is 10.1. The summed E-state index contributed by atoms with van der Waals surface area (Å²) < 4.78 is 0. The van der Waals surface area contributed by atoms with Crippen LogP contribution in [-0.4, -0.2) is 5.11 Å². The highest BCUT2D eigenvalue weighted by Crippen LogP contribution is 2.20. The number of unbranched alkanes of at least 4 members (excludes halogenated alkanes) is 15. The number of hydrogen-bond donors (Lipinski definition) is 1. The average Bonchev–Trinajstić information content (AvgIpc) is 2.68. The largest absolute Gasteiger partial charge is 0.388 e. The molecule has 0 radical (unpaired) electrons. The molecule has 0 heterocycles. The third-order valence-electron chi connectivity index (χ3n) is 5.52. The molecule has 1 N–H and O–H groups in total.